The minimum absolute atomic E-state index is 0.624. The maximum absolute atomic E-state index is 9.46. The number of benzene rings is 7. The Kier molecular flexibility index (Phi) is 6.22. The van der Waals surface area contributed by atoms with E-state index < -0.39 is 0 Å². The van der Waals surface area contributed by atoms with Gasteiger partial charge in [-0.2, -0.15) is 5.26 Å². The highest BCUT2D eigenvalue weighted by molar-refractivity contribution is 6.11. The van der Waals surface area contributed by atoms with E-state index in [1.54, 1.807) is 0 Å². The fourth-order valence-corrected chi connectivity index (χ4v) is 7.14. The predicted molar refractivity (Wildman–Crippen MR) is 197 cm³/mol. The highest BCUT2D eigenvalue weighted by atomic mass is 15.0. The van der Waals surface area contributed by atoms with E-state index in [0.29, 0.717) is 11.3 Å². The highest BCUT2D eigenvalue weighted by Crippen LogP contribution is 2.38. The van der Waals surface area contributed by atoms with Gasteiger partial charge < -0.3 is 9.13 Å². The lowest BCUT2D eigenvalue weighted by molar-refractivity contribution is 1.17. The zero-order valence-corrected chi connectivity index (χ0v) is 25.8. The highest BCUT2D eigenvalue weighted by Gasteiger charge is 2.16. The SMILES string of the molecule is [C-]#[N+]c1ccc2c(c1)c1ccccc1n2-c1cc(-c2ccc(C#N)cc2)cc(-c2cccc(-n3c4ccccc4c4ccccc43)c2)c1. The van der Waals surface area contributed by atoms with Crippen LogP contribution < -0.4 is 0 Å². The third-order valence-corrected chi connectivity index (χ3v) is 9.33. The lowest BCUT2D eigenvalue weighted by Crippen LogP contribution is -1.97. The molecule has 2 heterocycles. The van der Waals surface area contributed by atoms with Gasteiger partial charge in [0.2, 0.25) is 0 Å². The second-order valence-electron chi connectivity index (χ2n) is 12.0. The van der Waals surface area contributed by atoms with E-state index >= 15 is 0 Å². The summed E-state index contributed by atoms with van der Waals surface area (Å²) in [6.07, 6.45) is 0. The molecule has 7 aromatic carbocycles. The van der Waals surface area contributed by atoms with Crippen LogP contribution in [0.15, 0.2) is 158 Å². The van der Waals surface area contributed by atoms with Gasteiger partial charge in [-0.3, -0.25) is 0 Å². The minimum Gasteiger partial charge on any atom is -0.309 e. The smallest absolute Gasteiger partial charge is 0.188 e. The van der Waals surface area contributed by atoms with Crippen LogP contribution in [0.3, 0.4) is 0 Å². The quantitative estimate of drug-likeness (QED) is 0.183. The molecule has 0 aliphatic heterocycles. The fraction of sp³-hybridized carbons (Fsp3) is 0. The first-order chi connectivity index (χ1) is 23.7. The van der Waals surface area contributed by atoms with Gasteiger partial charge in [0.1, 0.15) is 0 Å². The Morgan fingerprint density at radius 1 is 0.438 bits per heavy atom. The molecule has 222 valence electrons. The van der Waals surface area contributed by atoms with Crippen LogP contribution >= 0.6 is 0 Å². The molecular weight excluding hydrogens is 585 g/mol. The number of aromatic nitrogens is 2. The summed E-state index contributed by atoms with van der Waals surface area (Å²) < 4.78 is 4.65. The molecule has 0 radical (unpaired) electrons. The first kappa shape index (κ1) is 27.4. The van der Waals surface area contributed by atoms with Crippen LogP contribution in [-0.4, -0.2) is 9.13 Å². The van der Waals surface area contributed by atoms with Gasteiger partial charge in [-0.15, -0.1) is 0 Å². The second-order valence-corrected chi connectivity index (χ2v) is 12.0. The van der Waals surface area contributed by atoms with Crippen molar-refractivity contribution in [2.45, 2.75) is 0 Å². The van der Waals surface area contributed by atoms with Gasteiger partial charge >= 0.3 is 0 Å². The van der Waals surface area contributed by atoms with Crippen LogP contribution in [0.4, 0.5) is 5.69 Å². The number of nitriles is 1. The maximum atomic E-state index is 9.46. The molecule has 0 spiro atoms. The molecule has 0 fully saturated rings. The Morgan fingerprint density at radius 2 is 0.979 bits per heavy atom. The van der Waals surface area contributed by atoms with Crippen LogP contribution in [0.5, 0.6) is 0 Å². The Hall–Kier alpha value is -6.88. The van der Waals surface area contributed by atoms with E-state index in [1.165, 1.54) is 21.8 Å². The van der Waals surface area contributed by atoms with Crippen LogP contribution in [-0.2, 0) is 0 Å². The molecule has 4 nitrogen and oxygen atoms in total. The van der Waals surface area contributed by atoms with Crippen molar-refractivity contribution in [1.29, 1.82) is 5.26 Å². The van der Waals surface area contributed by atoms with Crippen LogP contribution in [0, 0.1) is 17.9 Å². The van der Waals surface area contributed by atoms with E-state index in [2.05, 4.69) is 141 Å². The zero-order chi connectivity index (χ0) is 32.2. The van der Waals surface area contributed by atoms with Crippen LogP contribution in [0.1, 0.15) is 5.56 Å². The van der Waals surface area contributed by atoms with Gasteiger partial charge in [0.15, 0.2) is 5.69 Å². The standard InChI is InChI=1S/C44H26N4/c1-46-34-21-22-44-40(27-34)39-13-4-7-16-43(39)48(44)36-25-32(30-19-17-29(28-45)18-20-30)23-33(26-36)31-9-8-10-35(24-31)47-41-14-5-2-11-37(41)38-12-3-6-15-42(38)47/h2-27H. The third-order valence-electron chi connectivity index (χ3n) is 9.33. The predicted octanol–water partition coefficient (Wildman–Crippen LogP) is 11.6. The van der Waals surface area contributed by atoms with Crippen LogP contribution in [0.25, 0.3) is 82.1 Å². The summed E-state index contributed by atoms with van der Waals surface area (Å²) in [6.45, 7) is 7.63. The molecule has 0 amide bonds. The molecule has 4 heteroatoms. The monoisotopic (exact) mass is 610 g/mol. The Bertz CT molecular complexity index is 2750. The Balaban J connectivity index is 1.30. The largest absolute Gasteiger partial charge is 0.309 e. The number of hydrogen-bond donors (Lipinski definition) is 0. The second kappa shape index (κ2) is 10.9. The van der Waals surface area contributed by atoms with Crippen molar-refractivity contribution in [3.8, 4) is 39.7 Å². The summed E-state index contributed by atoms with van der Waals surface area (Å²) in [5.74, 6) is 0. The fourth-order valence-electron chi connectivity index (χ4n) is 7.14. The molecule has 0 bridgehead atoms. The van der Waals surface area contributed by atoms with Gasteiger partial charge in [-0.05, 0) is 100 Å². The van der Waals surface area contributed by atoms with Gasteiger partial charge in [0.25, 0.3) is 0 Å². The summed E-state index contributed by atoms with van der Waals surface area (Å²) in [5.41, 5.74) is 12.1. The van der Waals surface area contributed by atoms with Crippen molar-refractivity contribution in [3.05, 3.63) is 175 Å². The molecule has 9 aromatic rings. The molecule has 2 aromatic heterocycles. The summed E-state index contributed by atoms with van der Waals surface area (Å²) >= 11 is 0. The first-order valence-electron chi connectivity index (χ1n) is 15.9. The van der Waals surface area contributed by atoms with E-state index in [1.807, 2.05) is 36.4 Å². The summed E-state index contributed by atoms with van der Waals surface area (Å²) in [4.78, 5) is 3.71. The normalized spacial score (nSPS) is 11.3. The molecular formula is C44H26N4. The van der Waals surface area contributed by atoms with Gasteiger partial charge in [-0.1, -0.05) is 84.9 Å². The van der Waals surface area contributed by atoms with Crippen molar-refractivity contribution in [3.63, 3.8) is 0 Å². The molecule has 0 unspecified atom stereocenters. The molecule has 0 atom stereocenters. The lowest BCUT2D eigenvalue weighted by Gasteiger charge is -2.15. The molecule has 0 saturated heterocycles. The maximum Gasteiger partial charge on any atom is 0.188 e. The molecule has 48 heavy (non-hydrogen) atoms. The van der Waals surface area contributed by atoms with Gasteiger partial charge in [-0.25, -0.2) is 4.85 Å². The van der Waals surface area contributed by atoms with E-state index in [9.17, 15) is 5.26 Å². The zero-order valence-electron chi connectivity index (χ0n) is 25.8. The summed E-state index contributed by atoms with van der Waals surface area (Å²) in [7, 11) is 0. The van der Waals surface area contributed by atoms with Crippen molar-refractivity contribution in [2.24, 2.45) is 0 Å². The van der Waals surface area contributed by atoms with Crippen LogP contribution in [0.2, 0.25) is 0 Å². The lowest BCUT2D eigenvalue weighted by atomic mass is 9.97. The third kappa shape index (κ3) is 4.29. The number of para-hydroxylation sites is 3. The number of fused-ring (bicyclic) bond motifs is 6. The Labute approximate surface area is 277 Å². The van der Waals surface area contributed by atoms with E-state index in [-0.39, 0.29) is 0 Å². The van der Waals surface area contributed by atoms with Crippen molar-refractivity contribution < 1.29 is 0 Å². The van der Waals surface area contributed by atoms with Crippen molar-refractivity contribution >= 4 is 49.3 Å². The van der Waals surface area contributed by atoms with Gasteiger partial charge in [0, 0.05) is 27.5 Å². The van der Waals surface area contributed by atoms with E-state index in [4.69, 9.17) is 6.57 Å². The number of hydrogen-bond acceptors (Lipinski definition) is 1. The minimum atomic E-state index is 0.624. The van der Waals surface area contributed by atoms with Crippen molar-refractivity contribution in [2.75, 3.05) is 0 Å². The first-order valence-corrected chi connectivity index (χ1v) is 15.9. The summed E-state index contributed by atoms with van der Waals surface area (Å²) in [5, 5.41) is 14.1. The average molecular weight is 611 g/mol. The molecule has 0 aliphatic rings. The van der Waals surface area contributed by atoms with Gasteiger partial charge in [0.05, 0.1) is 40.3 Å². The molecule has 0 aliphatic carbocycles. The summed E-state index contributed by atoms with van der Waals surface area (Å²) in [6, 6.07) is 57.0. The topological polar surface area (TPSA) is 38.0 Å². The molecule has 0 N–H and O–H groups in total. The molecule has 9 rings (SSSR count). The number of nitrogens with zero attached hydrogens (tertiary/aromatic N) is 4. The molecule has 0 saturated carbocycles. The van der Waals surface area contributed by atoms with Crippen molar-refractivity contribution in [1.82, 2.24) is 9.13 Å². The van der Waals surface area contributed by atoms with E-state index in [0.717, 1.165) is 55.4 Å². The average Bonchev–Trinajstić information content (AvgIpc) is 3.67. The number of rotatable bonds is 4. The Morgan fingerprint density at radius 3 is 1.60 bits per heavy atom.